The van der Waals surface area contributed by atoms with Crippen LogP contribution in [-0.4, -0.2) is 10.2 Å². The van der Waals surface area contributed by atoms with Crippen molar-refractivity contribution in [3.63, 3.8) is 0 Å². The second-order valence-electron chi connectivity index (χ2n) is 6.94. The predicted molar refractivity (Wildman–Crippen MR) is 76.9 cm³/mol. The average molecular weight is 242 g/mol. The van der Waals surface area contributed by atoms with E-state index in [4.69, 9.17) is 0 Å². The van der Waals surface area contributed by atoms with Gasteiger partial charge >= 0.3 is 0 Å². The number of hydrogen-bond acceptors (Lipinski definition) is 2. The Bertz CT molecular complexity index is 519. The van der Waals surface area contributed by atoms with Gasteiger partial charge in [-0.25, -0.2) is 0 Å². The van der Waals surface area contributed by atoms with Crippen LogP contribution in [0.1, 0.15) is 52.9 Å². The number of hydrogen-bond donors (Lipinski definition) is 0. The number of benzene rings is 1. The topological polar surface area (TPSA) is 25.8 Å². The molecule has 2 aromatic rings. The third-order valence-corrected chi connectivity index (χ3v) is 3.11. The first-order valence-corrected chi connectivity index (χ1v) is 6.47. The van der Waals surface area contributed by atoms with Crippen LogP contribution < -0.4 is 0 Å². The van der Waals surface area contributed by atoms with E-state index in [1.54, 1.807) is 0 Å². The standard InChI is InChI=1S/C16H22N2/c1-15(2,3)13-11-9-7-8-10-12(11)14(18-17-13)16(4,5)6/h7-10H,1-6H3. The monoisotopic (exact) mass is 242 g/mol. The Morgan fingerprint density at radius 2 is 1.00 bits per heavy atom. The molecule has 0 saturated heterocycles. The third kappa shape index (κ3) is 2.24. The molecular formula is C16H22N2. The maximum Gasteiger partial charge on any atom is 0.0762 e. The molecular weight excluding hydrogens is 220 g/mol. The highest BCUT2D eigenvalue weighted by Gasteiger charge is 2.24. The van der Waals surface area contributed by atoms with Gasteiger partial charge in [0.2, 0.25) is 0 Å². The molecule has 0 fully saturated rings. The van der Waals surface area contributed by atoms with E-state index in [0.29, 0.717) is 0 Å². The fraction of sp³-hybridized carbons (Fsp3) is 0.500. The molecule has 2 heteroatoms. The van der Waals surface area contributed by atoms with Gasteiger partial charge in [0.05, 0.1) is 11.4 Å². The Labute approximate surface area is 109 Å². The highest BCUT2D eigenvalue weighted by molar-refractivity contribution is 5.87. The van der Waals surface area contributed by atoms with Crippen LogP contribution in [0.3, 0.4) is 0 Å². The van der Waals surface area contributed by atoms with Crippen molar-refractivity contribution in [2.24, 2.45) is 0 Å². The zero-order valence-corrected chi connectivity index (χ0v) is 12.2. The van der Waals surface area contributed by atoms with E-state index in [0.717, 1.165) is 11.4 Å². The summed E-state index contributed by atoms with van der Waals surface area (Å²) in [6.45, 7) is 13.1. The van der Waals surface area contributed by atoms with Gasteiger partial charge in [0, 0.05) is 21.6 Å². The molecule has 1 aromatic heterocycles. The van der Waals surface area contributed by atoms with Crippen LogP contribution in [0.2, 0.25) is 0 Å². The van der Waals surface area contributed by atoms with Crippen molar-refractivity contribution in [2.75, 3.05) is 0 Å². The average Bonchev–Trinajstić information content (AvgIpc) is 2.24. The highest BCUT2D eigenvalue weighted by atomic mass is 15.1. The Kier molecular flexibility index (Phi) is 2.92. The first kappa shape index (κ1) is 13.0. The van der Waals surface area contributed by atoms with Crippen LogP contribution in [-0.2, 0) is 10.8 Å². The quantitative estimate of drug-likeness (QED) is 0.691. The van der Waals surface area contributed by atoms with E-state index in [1.807, 2.05) is 0 Å². The molecule has 0 amide bonds. The van der Waals surface area contributed by atoms with Crippen molar-refractivity contribution in [1.82, 2.24) is 10.2 Å². The van der Waals surface area contributed by atoms with Crippen LogP contribution in [0.15, 0.2) is 24.3 Å². The predicted octanol–water partition coefficient (Wildman–Crippen LogP) is 4.22. The minimum atomic E-state index is 0.0169. The second-order valence-corrected chi connectivity index (χ2v) is 6.94. The van der Waals surface area contributed by atoms with Gasteiger partial charge in [-0.2, -0.15) is 10.2 Å². The summed E-state index contributed by atoms with van der Waals surface area (Å²) in [4.78, 5) is 0. The minimum Gasteiger partial charge on any atom is -0.154 e. The first-order valence-electron chi connectivity index (χ1n) is 6.47. The van der Waals surface area contributed by atoms with Crippen molar-refractivity contribution < 1.29 is 0 Å². The maximum absolute atomic E-state index is 4.49. The number of fused-ring (bicyclic) bond motifs is 1. The molecule has 0 saturated carbocycles. The Hall–Kier alpha value is -1.44. The molecule has 0 N–H and O–H groups in total. The molecule has 18 heavy (non-hydrogen) atoms. The summed E-state index contributed by atoms with van der Waals surface area (Å²) in [5.74, 6) is 0. The van der Waals surface area contributed by atoms with Crippen LogP contribution in [0.5, 0.6) is 0 Å². The summed E-state index contributed by atoms with van der Waals surface area (Å²) in [5.41, 5.74) is 2.18. The molecule has 0 spiro atoms. The van der Waals surface area contributed by atoms with Crippen molar-refractivity contribution in [2.45, 2.75) is 52.4 Å². The van der Waals surface area contributed by atoms with Gasteiger partial charge in [-0.05, 0) is 0 Å². The van der Waals surface area contributed by atoms with E-state index in [1.165, 1.54) is 10.8 Å². The number of rotatable bonds is 0. The summed E-state index contributed by atoms with van der Waals surface area (Å²) < 4.78 is 0. The van der Waals surface area contributed by atoms with Crippen LogP contribution in [0.4, 0.5) is 0 Å². The van der Waals surface area contributed by atoms with E-state index in [2.05, 4.69) is 76.0 Å². The van der Waals surface area contributed by atoms with Gasteiger partial charge in [-0.3, -0.25) is 0 Å². The molecule has 0 bridgehead atoms. The van der Waals surface area contributed by atoms with Gasteiger partial charge in [-0.15, -0.1) is 0 Å². The van der Waals surface area contributed by atoms with E-state index >= 15 is 0 Å². The van der Waals surface area contributed by atoms with E-state index in [-0.39, 0.29) is 10.8 Å². The molecule has 96 valence electrons. The van der Waals surface area contributed by atoms with E-state index < -0.39 is 0 Å². The lowest BCUT2D eigenvalue weighted by molar-refractivity contribution is 0.537. The molecule has 0 radical (unpaired) electrons. The van der Waals surface area contributed by atoms with Crippen molar-refractivity contribution >= 4 is 10.8 Å². The zero-order valence-electron chi connectivity index (χ0n) is 12.2. The van der Waals surface area contributed by atoms with Crippen LogP contribution in [0.25, 0.3) is 10.8 Å². The van der Waals surface area contributed by atoms with Crippen LogP contribution in [0, 0.1) is 0 Å². The maximum atomic E-state index is 4.49. The summed E-state index contributed by atoms with van der Waals surface area (Å²) in [5, 5.41) is 11.4. The normalized spacial score (nSPS) is 13.0. The molecule has 1 heterocycles. The number of aromatic nitrogens is 2. The SMILES string of the molecule is CC(C)(C)c1nnc(C(C)(C)C)c2ccccc12. The Morgan fingerprint density at radius 1 is 0.667 bits per heavy atom. The molecule has 0 atom stereocenters. The lowest BCUT2D eigenvalue weighted by Gasteiger charge is -2.24. The molecule has 0 aliphatic carbocycles. The summed E-state index contributed by atoms with van der Waals surface area (Å²) >= 11 is 0. The molecule has 0 aliphatic heterocycles. The van der Waals surface area contributed by atoms with Gasteiger partial charge in [0.25, 0.3) is 0 Å². The minimum absolute atomic E-state index is 0.0169. The highest BCUT2D eigenvalue weighted by Crippen LogP contribution is 2.32. The van der Waals surface area contributed by atoms with E-state index in [9.17, 15) is 0 Å². The molecule has 0 aliphatic rings. The third-order valence-electron chi connectivity index (χ3n) is 3.11. The Balaban J connectivity index is 2.83. The van der Waals surface area contributed by atoms with Gasteiger partial charge in [0.15, 0.2) is 0 Å². The van der Waals surface area contributed by atoms with Crippen molar-refractivity contribution in [1.29, 1.82) is 0 Å². The smallest absolute Gasteiger partial charge is 0.0762 e. The molecule has 2 nitrogen and oxygen atoms in total. The fourth-order valence-corrected chi connectivity index (χ4v) is 2.21. The van der Waals surface area contributed by atoms with Gasteiger partial charge < -0.3 is 0 Å². The van der Waals surface area contributed by atoms with Crippen molar-refractivity contribution in [3.05, 3.63) is 35.7 Å². The number of nitrogens with zero attached hydrogens (tertiary/aromatic N) is 2. The van der Waals surface area contributed by atoms with Gasteiger partial charge in [0.1, 0.15) is 0 Å². The lowest BCUT2D eigenvalue weighted by Crippen LogP contribution is -2.20. The van der Waals surface area contributed by atoms with Crippen LogP contribution >= 0.6 is 0 Å². The van der Waals surface area contributed by atoms with Crippen molar-refractivity contribution in [3.8, 4) is 0 Å². The summed E-state index contributed by atoms with van der Waals surface area (Å²) in [6.07, 6.45) is 0. The summed E-state index contributed by atoms with van der Waals surface area (Å²) in [7, 11) is 0. The zero-order chi connectivity index (χ0) is 13.6. The first-order chi connectivity index (χ1) is 8.21. The van der Waals surface area contributed by atoms with Gasteiger partial charge in [-0.1, -0.05) is 65.8 Å². The fourth-order valence-electron chi connectivity index (χ4n) is 2.21. The summed E-state index contributed by atoms with van der Waals surface area (Å²) in [6, 6.07) is 8.46. The largest absolute Gasteiger partial charge is 0.154 e. The Morgan fingerprint density at radius 3 is 1.28 bits per heavy atom. The molecule has 0 unspecified atom stereocenters. The molecule has 1 aromatic carbocycles. The lowest BCUT2D eigenvalue weighted by atomic mass is 9.84. The molecule has 2 rings (SSSR count). The second kappa shape index (κ2) is 4.04.